The van der Waals surface area contributed by atoms with Gasteiger partial charge in [-0.2, -0.15) is 4.98 Å². The molecule has 27 heavy (non-hydrogen) atoms. The fourth-order valence-corrected chi connectivity index (χ4v) is 3.81. The minimum atomic E-state index is -0.0710. The van der Waals surface area contributed by atoms with E-state index in [2.05, 4.69) is 17.1 Å². The molecule has 0 spiro atoms. The average molecular weight is 401 g/mol. The van der Waals surface area contributed by atoms with Crippen molar-refractivity contribution in [1.29, 1.82) is 0 Å². The van der Waals surface area contributed by atoms with E-state index in [1.807, 2.05) is 11.8 Å². The van der Waals surface area contributed by atoms with Gasteiger partial charge in [0.25, 0.3) is 0 Å². The second kappa shape index (κ2) is 10.4. The summed E-state index contributed by atoms with van der Waals surface area (Å²) in [6, 6.07) is -0.0710. The number of hydrogen-bond acceptors (Lipinski definition) is 6. The average Bonchev–Trinajstić information content (AvgIpc) is 3.04. The number of aromatic nitrogens is 2. The van der Waals surface area contributed by atoms with E-state index in [1.54, 1.807) is 0 Å². The fraction of sp³-hybridized carbons (Fsp3) is 0.842. The summed E-state index contributed by atoms with van der Waals surface area (Å²) in [7, 11) is 0. The maximum atomic E-state index is 13.0. The Morgan fingerprint density at radius 1 is 1.30 bits per heavy atom. The van der Waals surface area contributed by atoms with Gasteiger partial charge in [0.15, 0.2) is 5.82 Å². The Labute approximate surface area is 167 Å². The smallest absolute Gasteiger partial charge is 0.229 e. The van der Waals surface area contributed by atoms with Crippen molar-refractivity contribution >= 4 is 18.3 Å². The lowest BCUT2D eigenvalue weighted by atomic mass is 9.83. The summed E-state index contributed by atoms with van der Waals surface area (Å²) in [5.41, 5.74) is 6.27. The largest absolute Gasteiger partial charge is 0.377 e. The van der Waals surface area contributed by atoms with Gasteiger partial charge in [-0.05, 0) is 45.4 Å². The van der Waals surface area contributed by atoms with Crippen LogP contribution in [0.15, 0.2) is 4.52 Å². The van der Waals surface area contributed by atoms with Gasteiger partial charge in [-0.1, -0.05) is 18.5 Å². The SMILES string of the molecule is CCCO[C@@H]1CC[C@H](C(=O)N(CC)Cc2noc(C3CCC3)n2)C[C@H]1N.Cl. The van der Waals surface area contributed by atoms with Crippen LogP contribution in [0.1, 0.15) is 76.4 Å². The number of amides is 1. The van der Waals surface area contributed by atoms with Gasteiger partial charge in [0, 0.05) is 31.0 Å². The van der Waals surface area contributed by atoms with Gasteiger partial charge in [-0.25, -0.2) is 0 Å². The van der Waals surface area contributed by atoms with Crippen LogP contribution in [-0.4, -0.2) is 46.2 Å². The Bertz CT molecular complexity index is 593. The Morgan fingerprint density at radius 2 is 2.07 bits per heavy atom. The van der Waals surface area contributed by atoms with Crippen molar-refractivity contribution in [1.82, 2.24) is 15.0 Å². The molecule has 0 radical (unpaired) electrons. The molecule has 1 aromatic rings. The van der Waals surface area contributed by atoms with Crippen LogP contribution in [0.3, 0.4) is 0 Å². The first-order chi connectivity index (χ1) is 12.6. The zero-order valence-corrected chi connectivity index (χ0v) is 17.2. The van der Waals surface area contributed by atoms with Gasteiger partial charge in [0.1, 0.15) is 0 Å². The van der Waals surface area contributed by atoms with Crippen LogP contribution in [0.25, 0.3) is 0 Å². The second-order valence-electron chi connectivity index (χ2n) is 7.61. The van der Waals surface area contributed by atoms with Crippen molar-refractivity contribution < 1.29 is 14.1 Å². The van der Waals surface area contributed by atoms with Crippen LogP contribution in [0.2, 0.25) is 0 Å². The minimum absolute atomic E-state index is 0. The molecule has 0 aliphatic heterocycles. The maximum absolute atomic E-state index is 13.0. The highest BCUT2D eigenvalue weighted by atomic mass is 35.5. The normalized spacial score (nSPS) is 25.5. The van der Waals surface area contributed by atoms with E-state index in [4.69, 9.17) is 15.0 Å². The highest BCUT2D eigenvalue weighted by Gasteiger charge is 2.34. The number of nitrogens with zero attached hydrogens (tertiary/aromatic N) is 3. The number of carbonyl (C=O) groups is 1. The van der Waals surface area contributed by atoms with E-state index in [0.717, 1.165) is 44.6 Å². The van der Waals surface area contributed by atoms with Crippen LogP contribution < -0.4 is 5.73 Å². The standard InChI is InChI=1S/C19H32N4O3.ClH/c1-3-10-25-16-9-8-14(11-15(16)20)19(24)23(4-2)12-17-21-18(26-22-17)13-6-5-7-13;/h13-16H,3-12,20H2,1-2H3;1H/t14-,15+,16+;/m0./s1. The van der Waals surface area contributed by atoms with Crippen LogP contribution in [0.5, 0.6) is 0 Å². The summed E-state index contributed by atoms with van der Waals surface area (Å²) in [5.74, 6) is 1.85. The zero-order chi connectivity index (χ0) is 18.5. The van der Waals surface area contributed by atoms with Crippen molar-refractivity contribution in [3.8, 4) is 0 Å². The number of rotatable bonds is 8. The van der Waals surface area contributed by atoms with Gasteiger partial charge in [-0.15, -0.1) is 12.4 Å². The topological polar surface area (TPSA) is 94.5 Å². The first-order valence-electron chi connectivity index (χ1n) is 10.1. The number of carbonyl (C=O) groups excluding carboxylic acids is 1. The fourth-order valence-electron chi connectivity index (χ4n) is 3.81. The van der Waals surface area contributed by atoms with E-state index in [9.17, 15) is 4.79 Å². The molecule has 0 unspecified atom stereocenters. The highest BCUT2D eigenvalue weighted by Crippen LogP contribution is 2.35. The van der Waals surface area contributed by atoms with Crippen molar-refractivity contribution in [2.24, 2.45) is 11.7 Å². The highest BCUT2D eigenvalue weighted by molar-refractivity contribution is 5.85. The molecule has 3 atom stereocenters. The lowest BCUT2D eigenvalue weighted by molar-refractivity contribution is -0.138. The Morgan fingerprint density at radius 3 is 2.67 bits per heavy atom. The monoisotopic (exact) mass is 400 g/mol. The lowest BCUT2D eigenvalue weighted by Gasteiger charge is -2.35. The van der Waals surface area contributed by atoms with E-state index >= 15 is 0 Å². The molecule has 1 amide bonds. The molecule has 154 valence electrons. The Hall–Kier alpha value is -1.18. The molecule has 2 N–H and O–H groups in total. The van der Waals surface area contributed by atoms with Crippen LogP contribution >= 0.6 is 12.4 Å². The molecule has 0 bridgehead atoms. The van der Waals surface area contributed by atoms with Gasteiger partial charge in [0.2, 0.25) is 11.8 Å². The Kier molecular flexibility index (Phi) is 8.51. The van der Waals surface area contributed by atoms with Crippen molar-refractivity contribution in [2.75, 3.05) is 13.2 Å². The molecule has 2 aliphatic carbocycles. The molecule has 0 aromatic carbocycles. The van der Waals surface area contributed by atoms with Gasteiger partial charge in [-0.3, -0.25) is 4.79 Å². The predicted molar refractivity (Wildman–Crippen MR) is 105 cm³/mol. The molecule has 1 heterocycles. The van der Waals surface area contributed by atoms with Crippen LogP contribution in [0, 0.1) is 5.92 Å². The third-order valence-corrected chi connectivity index (χ3v) is 5.68. The summed E-state index contributed by atoms with van der Waals surface area (Å²) in [6.07, 6.45) is 6.91. The zero-order valence-electron chi connectivity index (χ0n) is 16.4. The molecular formula is C19H33ClN4O3. The lowest BCUT2D eigenvalue weighted by Crippen LogP contribution is -2.47. The van der Waals surface area contributed by atoms with E-state index in [-0.39, 0.29) is 36.4 Å². The van der Waals surface area contributed by atoms with Crippen molar-refractivity contribution in [3.63, 3.8) is 0 Å². The summed E-state index contributed by atoms with van der Waals surface area (Å²) < 4.78 is 11.2. The summed E-state index contributed by atoms with van der Waals surface area (Å²) in [5, 5.41) is 4.07. The van der Waals surface area contributed by atoms with Gasteiger partial charge >= 0.3 is 0 Å². The molecule has 2 fully saturated rings. The molecule has 7 nitrogen and oxygen atoms in total. The maximum Gasteiger partial charge on any atom is 0.229 e. The van der Waals surface area contributed by atoms with E-state index < -0.39 is 0 Å². The predicted octanol–water partition coefficient (Wildman–Crippen LogP) is 3.03. The number of hydrogen-bond donors (Lipinski definition) is 1. The first-order valence-corrected chi connectivity index (χ1v) is 10.1. The summed E-state index contributed by atoms with van der Waals surface area (Å²) >= 11 is 0. The molecule has 2 aliphatic rings. The van der Waals surface area contributed by atoms with E-state index in [1.165, 1.54) is 6.42 Å². The van der Waals surface area contributed by atoms with Gasteiger partial charge < -0.3 is 19.9 Å². The van der Waals surface area contributed by atoms with Crippen molar-refractivity contribution in [3.05, 3.63) is 11.7 Å². The number of ether oxygens (including phenoxy) is 1. The Balaban J connectivity index is 0.00000261. The molecule has 3 rings (SSSR count). The molecule has 2 saturated carbocycles. The number of nitrogens with two attached hydrogens (primary N) is 1. The molecule has 0 saturated heterocycles. The molecule has 1 aromatic heterocycles. The van der Waals surface area contributed by atoms with Crippen LogP contribution in [-0.2, 0) is 16.1 Å². The van der Waals surface area contributed by atoms with Crippen molar-refractivity contribution in [2.45, 2.75) is 83.4 Å². The third kappa shape index (κ3) is 5.42. The van der Waals surface area contributed by atoms with Crippen LogP contribution in [0.4, 0.5) is 0 Å². The minimum Gasteiger partial charge on any atom is -0.377 e. The quantitative estimate of drug-likeness (QED) is 0.720. The summed E-state index contributed by atoms with van der Waals surface area (Å²) in [6.45, 7) is 5.86. The number of halogens is 1. The second-order valence-corrected chi connectivity index (χ2v) is 7.61. The summed E-state index contributed by atoms with van der Waals surface area (Å²) in [4.78, 5) is 19.3. The van der Waals surface area contributed by atoms with E-state index in [0.29, 0.717) is 31.3 Å². The third-order valence-electron chi connectivity index (χ3n) is 5.68. The molecular weight excluding hydrogens is 368 g/mol. The molecule has 8 heteroatoms. The first kappa shape index (κ1) is 22.1. The van der Waals surface area contributed by atoms with Gasteiger partial charge in [0.05, 0.1) is 12.6 Å².